The van der Waals surface area contributed by atoms with Gasteiger partial charge in [-0.05, 0) is 49.5 Å². The summed E-state index contributed by atoms with van der Waals surface area (Å²) in [6.45, 7) is -0.664. The van der Waals surface area contributed by atoms with E-state index in [9.17, 15) is 22.8 Å². The Morgan fingerprint density at radius 3 is 2.32 bits per heavy atom. The Labute approximate surface area is 169 Å². The van der Waals surface area contributed by atoms with Crippen LogP contribution in [0.25, 0.3) is 0 Å². The zero-order valence-electron chi connectivity index (χ0n) is 14.6. The van der Waals surface area contributed by atoms with Crippen LogP contribution in [0.4, 0.5) is 0 Å². The predicted octanol–water partition coefficient (Wildman–Crippen LogP) is 0.975. The highest BCUT2D eigenvalue weighted by Crippen LogP contribution is 2.12. The molecule has 28 heavy (non-hydrogen) atoms. The molecular weight excluding hydrogens is 454 g/mol. The molecule has 148 valence electrons. The fourth-order valence-electron chi connectivity index (χ4n) is 1.96. The number of carbonyl (C=O) groups excluding carboxylic acids is 3. The molecule has 0 aromatic heterocycles. The van der Waals surface area contributed by atoms with Crippen molar-refractivity contribution in [2.75, 3.05) is 13.7 Å². The smallest absolute Gasteiger partial charge is 0.338 e. The van der Waals surface area contributed by atoms with Crippen molar-refractivity contribution in [3.63, 3.8) is 0 Å². The Morgan fingerprint density at radius 1 is 1.00 bits per heavy atom. The van der Waals surface area contributed by atoms with Crippen molar-refractivity contribution in [2.45, 2.75) is 4.90 Å². The normalized spacial score (nSPS) is 10.8. The van der Waals surface area contributed by atoms with Crippen molar-refractivity contribution < 1.29 is 27.5 Å². The van der Waals surface area contributed by atoms with E-state index < -0.39 is 34.4 Å². The topological polar surface area (TPSA) is 131 Å². The number of amides is 2. The molecule has 11 heteroatoms. The molecule has 0 radical (unpaired) electrons. The Kier molecular flexibility index (Phi) is 7.26. The number of hydrazine groups is 1. The Balaban J connectivity index is 1.87. The molecule has 0 fully saturated rings. The van der Waals surface area contributed by atoms with E-state index in [2.05, 4.69) is 31.5 Å². The monoisotopic (exact) mass is 469 g/mol. The van der Waals surface area contributed by atoms with Crippen molar-refractivity contribution >= 4 is 43.7 Å². The van der Waals surface area contributed by atoms with Gasteiger partial charge in [-0.3, -0.25) is 20.4 Å². The summed E-state index contributed by atoms with van der Waals surface area (Å²) >= 11 is 3.24. The number of hydrogen-bond donors (Lipinski definition) is 3. The second-order valence-electron chi connectivity index (χ2n) is 5.32. The van der Waals surface area contributed by atoms with Crippen LogP contribution in [-0.2, 0) is 19.6 Å². The second-order valence-corrected chi connectivity index (χ2v) is 8.12. The lowest BCUT2D eigenvalue weighted by Crippen LogP contribution is -2.43. The van der Waals surface area contributed by atoms with Gasteiger partial charge in [0.05, 0.1) is 10.5 Å². The summed E-state index contributed by atoms with van der Waals surface area (Å²) in [6, 6.07) is 11.6. The zero-order chi connectivity index (χ0) is 20.7. The van der Waals surface area contributed by atoms with E-state index in [0.717, 1.165) is 10.5 Å². The number of esters is 1. The van der Waals surface area contributed by atoms with Gasteiger partial charge in [0.15, 0.2) is 6.61 Å². The maximum atomic E-state index is 12.0. The standard InChI is InChI=1S/C17H16BrN3O6S/c1-19-28(25,26)14-4-2-3-12(9-14)17(24)27-10-15(22)20-21-16(23)11-5-7-13(18)8-6-11/h2-9,19H,10H2,1H3,(H,20,22)(H,21,23). The van der Waals surface area contributed by atoms with Crippen LogP contribution in [0.15, 0.2) is 57.9 Å². The van der Waals surface area contributed by atoms with E-state index in [4.69, 9.17) is 4.74 Å². The van der Waals surface area contributed by atoms with Crippen LogP contribution >= 0.6 is 15.9 Å². The molecular formula is C17H16BrN3O6S. The molecule has 2 aromatic rings. The number of ether oxygens (including phenoxy) is 1. The van der Waals surface area contributed by atoms with E-state index in [1.54, 1.807) is 24.3 Å². The summed E-state index contributed by atoms with van der Waals surface area (Å²) in [5, 5.41) is 0. The second kappa shape index (κ2) is 9.44. The average molecular weight is 470 g/mol. The van der Waals surface area contributed by atoms with Gasteiger partial charge in [0, 0.05) is 10.0 Å². The molecule has 0 atom stereocenters. The summed E-state index contributed by atoms with van der Waals surface area (Å²) in [4.78, 5) is 35.5. The molecule has 3 N–H and O–H groups in total. The maximum Gasteiger partial charge on any atom is 0.338 e. The van der Waals surface area contributed by atoms with E-state index in [1.165, 1.54) is 25.2 Å². The summed E-state index contributed by atoms with van der Waals surface area (Å²) in [5.41, 5.74) is 4.58. The maximum absolute atomic E-state index is 12.0. The van der Waals surface area contributed by atoms with Crippen LogP contribution in [0.3, 0.4) is 0 Å². The van der Waals surface area contributed by atoms with Crippen LogP contribution in [0.5, 0.6) is 0 Å². The number of halogens is 1. The molecule has 0 heterocycles. The minimum absolute atomic E-state index is 0.0389. The number of benzene rings is 2. The lowest BCUT2D eigenvalue weighted by Gasteiger charge is -2.09. The Bertz CT molecular complexity index is 992. The van der Waals surface area contributed by atoms with Crippen molar-refractivity contribution in [3.8, 4) is 0 Å². The first kappa shape index (κ1) is 21.5. The molecule has 0 aliphatic heterocycles. The van der Waals surface area contributed by atoms with E-state index in [1.807, 2.05) is 0 Å². The zero-order valence-corrected chi connectivity index (χ0v) is 17.0. The lowest BCUT2D eigenvalue weighted by atomic mass is 10.2. The van der Waals surface area contributed by atoms with Crippen molar-refractivity contribution in [2.24, 2.45) is 0 Å². The third-order valence-electron chi connectivity index (χ3n) is 3.40. The van der Waals surface area contributed by atoms with Crippen LogP contribution in [0.1, 0.15) is 20.7 Å². The predicted molar refractivity (Wildman–Crippen MR) is 103 cm³/mol. The molecule has 0 unspecified atom stereocenters. The molecule has 0 aliphatic carbocycles. The van der Waals surface area contributed by atoms with Gasteiger partial charge in [-0.1, -0.05) is 22.0 Å². The summed E-state index contributed by atoms with van der Waals surface area (Å²) < 4.78 is 31.3. The highest BCUT2D eigenvalue weighted by atomic mass is 79.9. The molecule has 2 amide bonds. The molecule has 0 spiro atoms. The van der Waals surface area contributed by atoms with Crippen LogP contribution in [0.2, 0.25) is 0 Å². The van der Waals surface area contributed by atoms with Gasteiger partial charge in [0.25, 0.3) is 11.8 Å². The molecule has 0 saturated heterocycles. The summed E-state index contributed by atoms with van der Waals surface area (Å²) in [6.07, 6.45) is 0. The molecule has 0 aliphatic rings. The van der Waals surface area contributed by atoms with Gasteiger partial charge in [-0.25, -0.2) is 17.9 Å². The van der Waals surface area contributed by atoms with E-state index >= 15 is 0 Å². The number of hydrogen-bond acceptors (Lipinski definition) is 6. The van der Waals surface area contributed by atoms with Gasteiger partial charge in [-0.15, -0.1) is 0 Å². The highest BCUT2D eigenvalue weighted by Gasteiger charge is 2.16. The fourth-order valence-corrected chi connectivity index (χ4v) is 3.00. The first-order chi connectivity index (χ1) is 13.2. The van der Waals surface area contributed by atoms with Gasteiger partial charge >= 0.3 is 5.97 Å². The molecule has 2 rings (SSSR count). The Morgan fingerprint density at radius 2 is 1.68 bits per heavy atom. The van der Waals surface area contributed by atoms with Crippen molar-refractivity contribution in [3.05, 3.63) is 64.1 Å². The summed E-state index contributed by atoms with van der Waals surface area (Å²) in [5.74, 6) is -2.20. The van der Waals surface area contributed by atoms with Gasteiger partial charge in [0.2, 0.25) is 10.0 Å². The minimum Gasteiger partial charge on any atom is -0.452 e. The third-order valence-corrected chi connectivity index (χ3v) is 5.35. The quantitative estimate of drug-likeness (QED) is 0.426. The molecule has 0 saturated carbocycles. The van der Waals surface area contributed by atoms with Gasteiger partial charge < -0.3 is 4.74 Å². The third kappa shape index (κ3) is 5.87. The SMILES string of the molecule is CNS(=O)(=O)c1cccc(C(=O)OCC(=O)NNC(=O)c2ccc(Br)cc2)c1. The van der Waals surface area contributed by atoms with Gasteiger partial charge in [-0.2, -0.15) is 0 Å². The van der Waals surface area contributed by atoms with Crippen molar-refractivity contribution in [1.29, 1.82) is 0 Å². The van der Waals surface area contributed by atoms with Crippen LogP contribution < -0.4 is 15.6 Å². The largest absolute Gasteiger partial charge is 0.452 e. The molecule has 9 nitrogen and oxygen atoms in total. The first-order valence-corrected chi connectivity index (χ1v) is 10.1. The van der Waals surface area contributed by atoms with Crippen LogP contribution in [0, 0.1) is 0 Å². The van der Waals surface area contributed by atoms with E-state index in [0.29, 0.717) is 5.56 Å². The summed E-state index contributed by atoms with van der Waals surface area (Å²) in [7, 11) is -2.48. The minimum atomic E-state index is -3.72. The van der Waals surface area contributed by atoms with Gasteiger partial charge in [0.1, 0.15) is 0 Å². The van der Waals surface area contributed by atoms with Crippen LogP contribution in [-0.4, -0.2) is 39.9 Å². The van der Waals surface area contributed by atoms with E-state index in [-0.39, 0.29) is 10.5 Å². The number of nitrogens with one attached hydrogen (secondary N) is 3. The number of sulfonamides is 1. The Hall–Kier alpha value is -2.76. The highest BCUT2D eigenvalue weighted by molar-refractivity contribution is 9.10. The molecule has 2 aromatic carbocycles. The number of carbonyl (C=O) groups is 3. The average Bonchev–Trinajstić information content (AvgIpc) is 2.70. The molecule has 0 bridgehead atoms. The lowest BCUT2D eigenvalue weighted by molar-refractivity contribution is -0.125. The van der Waals surface area contributed by atoms with Crippen molar-refractivity contribution in [1.82, 2.24) is 15.6 Å². The first-order valence-electron chi connectivity index (χ1n) is 7.78. The number of rotatable bonds is 6. The fraction of sp³-hybridized carbons (Fsp3) is 0.118.